The normalized spacial score (nSPS) is 11.9. The van der Waals surface area contributed by atoms with Crippen LogP contribution < -0.4 is 0 Å². The van der Waals surface area contributed by atoms with Gasteiger partial charge in [0.1, 0.15) is 0 Å². The van der Waals surface area contributed by atoms with Crippen molar-refractivity contribution in [1.29, 1.82) is 0 Å². The molecule has 68 heavy (non-hydrogen) atoms. The number of aliphatic hydroxyl groups excluding tert-OH is 1. The van der Waals surface area contributed by atoms with E-state index in [1.165, 1.54) is 45.3 Å². The van der Waals surface area contributed by atoms with E-state index >= 15 is 0 Å². The number of nitrogens with zero attached hydrogens (tertiary/aromatic N) is 2. The highest BCUT2D eigenvalue weighted by molar-refractivity contribution is 6.26. The number of hydrogen-bond donors (Lipinski definition) is 1. The molecule has 2 aromatic heterocycles. The molecule has 0 bridgehead atoms. The van der Waals surface area contributed by atoms with Crippen molar-refractivity contribution in [1.82, 2.24) is 9.97 Å². The summed E-state index contributed by atoms with van der Waals surface area (Å²) in [6.45, 7) is 1.53. The van der Waals surface area contributed by atoms with E-state index in [1.54, 1.807) is 0 Å². The number of aryl methyl sites for hydroxylation is 1. The molecule has 0 radical (unpaired) electrons. The second-order valence-corrected chi connectivity index (χ2v) is 17.7. The number of fused-ring (bicyclic) bond motifs is 12. The van der Waals surface area contributed by atoms with Crippen molar-refractivity contribution in [3.63, 3.8) is 0 Å². The van der Waals surface area contributed by atoms with Crippen LogP contribution in [0.25, 0.3) is 121 Å². The van der Waals surface area contributed by atoms with E-state index in [9.17, 15) is 9.90 Å². The van der Waals surface area contributed by atoms with Crippen LogP contribution in [0, 0.1) is 0 Å². The molecule has 10 aromatic carbocycles. The van der Waals surface area contributed by atoms with Crippen molar-refractivity contribution in [2.75, 3.05) is 0 Å². The van der Waals surface area contributed by atoms with E-state index in [0.29, 0.717) is 6.42 Å². The van der Waals surface area contributed by atoms with Crippen LogP contribution in [0.3, 0.4) is 0 Å². The van der Waals surface area contributed by atoms with Crippen LogP contribution in [-0.4, -0.2) is 20.9 Å². The topological polar surface area (TPSA) is 63.1 Å². The summed E-state index contributed by atoms with van der Waals surface area (Å²) in [7, 11) is 0. The van der Waals surface area contributed by atoms with Crippen LogP contribution in [0.1, 0.15) is 18.9 Å². The number of aliphatic hydroxyl groups is 1. The average molecular weight is 873 g/mol. The number of allylic oxidation sites excluding steroid dienone is 2. The van der Waals surface area contributed by atoms with Gasteiger partial charge in [-0.25, -0.2) is 0 Å². The van der Waals surface area contributed by atoms with Gasteiger partial charge in [0.25, 0.3) is 0 Å². The number of ketones is 1. The van der Waals surface area contributed by atoms with Crippen LogP contribution >= 0.6 is 0 Å². The number of pyridine rings is 2. The van der Waals surface area contributed by atoms with Gasteiger partial charge >= 0.3 is 0 Å². The van der Waals surface area contributed by atoms with Crippen LogP contribution in [-0.2, 0) is 11.2 Å². The molecule has 4 heteroatoms. The summed E-state index contributed by atoms with van der Waals surface area (Å²) in [5.41, 5.74) is 14.1. The standard InChI is InChI=1S/C64H44N2O2/c1-40(67)34-47(68)29-26-41-14-2-3-15-48(41)44-35-45(51-18-6-4-16-49(51)42-27-30-59-61(38-42)55-22-10-8-20-53(55)57-24-12-32-65-63(57)59)37-46(36-44)52-19-7-5-17-50(52)43-28-31-60-62(39-43)56-23-11-9-21-54(56)58-25-13-33-66-64(58)60/h2-25,27-28,30-39,67H,26,29H2,1H3. The first-order valence-corrected chi connectivity index (χ1v) is 23.2. The minimum absolute atomic E-state index is 0.0206. The minimum atomic E-state index is -0.101. The van der Waals surface area contributed by atoms with Crippen molar-refractivity contribution < 1.29 is 9.90 Å². The lowest BCUT2D eigenvalue weighted by Gasteiger charge is -2.18. The zero-order valence-corrected chi connectivity index (χ0v) is 37.4. The molecule has 0 atom stereocenters. The van der Waals surface area contributed by atoms with E-state index < -0.39 is 0 Å². The van der Waals surface area contributed by atoms with Gasteiger partial charge < -0.3 is 5.11 Å². The fourth-order valence-corrected chi connectivity index (χ4v) is 10.5. The third kappa shape index (κ3) is 7.15. The second-order valence-electron chi connectivity index (χ2n) is 17.7. The Morgan fingerprint density at radius 2 is 0.765 bits per heavy atom. The summed E-state index contributed by atoms with van der Waals surface area (Å²) in [6.07, 6.45) is 5.91. The molecule has 12 aromatic rings. The molecule has 0 amide bonds. The minimum Gasteiger partial charge on any atom is -0.512 e. The predicted octanol–water partition coefficient (Wildman–Crippen LogP) is 16.7. The lowest BCUT2D eigenvalue weighted by Crippen LogP contribution is -1.99. The Morgan fingerprint density at radius 1 is 0.397 bits per heavy atom. The van der Waals surface area contributed by atoms with Crippen molar-refractivity contribution in [3.05, 3.63) is 230 Å². The van der Waals surface area contributed by atoms with Crippen molar-refractivity contribution in [2.24, 2.45) is 0 Å². The fraction of sp³-hybridized carbons (Fsp3) is 0.0469. The van der Waals surface area contributed by atoms with Gasteiger partial charge in [-0.2, -0.15) is 0 Å². The zero-order chi connectivity index (χ0) is 45.7. The van der Waals surface area contributed by atoms with Gasteiger partial charge in [0.2, 0.25) is 0 Å². The Hall–Kier alpha value is -8.73. The van der Waals surface area contributed by atoms with Crippen molar-refractivity contribution >= 4 is 70.7 Å². The summed E-state index contributed by atoms with van der Waals surface area (Å²) in [6, 6.07) is 72.0. The summed E-state index contributed by atoms with van der Waals surface area (Å²) in [5, 5.41) is 21.6. The smallest absolute Gasteiger partial charge is 0.159 e. The SMILES string of the molecule is CC(O)=CC(=O)CCc1ccccc1-c1cc(-c2ccccc2-c2ccc3c(c2)c2ccccc2c2cccnc23)cc(-c2ccccc2-c2ccc3c(c2)c2ccccc2c2cccnc23)c1. The molecule has 0 unspecified atom stereocenters. The van der Waals surface area contributed by atoms with Gasteiger partial charge in [-0.15, -0.1) is 0 Å². The fourth-order valence-electron chi connectivity index (χ4n) is 10.5. The first kappa shape index (κ1) is 40.8. The third-order valence-corrected chi connectivity index (χ3v) is 13.5. The van der Waals surface area contributed by atoms with Gasteiger partial charge in [0.15, 0.2) is 5.78 Å². The Kier molecular flexibility index (Phi) is 10.1. The quantitative estimate of drug-likeness (QED) is 0.0891. The predicted molar refractivity (Wildman–Crippen MR) is 284 cm³/mol. The van der Waals surface area contributed by atoms with Gasteiger partial charge in [-0.3, -0.25) is 14.8 Å². The lowest BCUT2D eigenvalue weighted by molar-refractivity contribution is -0.114. The molecule has 0 aliphatic carbocycles. The lowest BCUT2D eigenvalue weighted by atomic mass is 9.85. The molecule has 12 rings (SSSR count). The van der Waals surface area contributed by atoms with Crippen LogP contribution in [0.5, 0.6) is 0 Å². The molecule has 0 aliphatic heterocycles. The van der Waals surface area contributed by atoms with Gasteiger partial charge in [0, 0.05) is 46.4 Å². The maximum Gasteiger partial charge on any atom is 0.159 e. The molecule has 0 spiro atoms. The summed E-state index contributed by atoms with van der Waals surface area (Å²) in [5.74, 6) is -0.0804. The highest BCUT2D eigenvalue weighted by atomic mass is 16.3. The van der Waals surface area contributed by atoms with E-state index in [2.05, 4.69) is 182 Å². The van der Waals surface area contributed by atoms with Gasteiger partial charge in [0.05, 0.1) is 16.8 Å². The highest BCUT2D eigenvalue weighted by Crippen LogP contribution is 2.44. The Morgan fingerprint density at radius 3 is 1.24 bits per heavy atom. The monoisotopic (exact) mass is 872 g/mol. The van der Waals surface area contributed by atoms with E-state index in [1.807, 2.05) is 30.6 Å². The van der Waals surface area contributed by atoms with Crippen LogP contribution in [0.2, 0.25) is 0 Å². The number of benzene rings is 10. The van der Waals surface area contributed by atoms with Crippen molar-refractivity contribution in [2.45, 2.75) is 19.8 Å². The Bertz CT molecular complexity index is 3740. The van der Waals surface area contributed by atoms with Gasteiger partial charge in [-0.1, -0.05) is 158 Å². The molecule has 0 saturated heterocycles. The van der Waals surface area contributed by atoms with E-state index in [-0.39, 0.29) is 18.0 Å². The molecule has 0 aliphatic rings. The maximum absolute atomic E-state index is 12.9. The number of rotatable bonds is 9. The first-order chi connectivity index (χ1) is 33.5. The second kappa shape index (κ2) is 16.9. The largest absolute Gasteiger partial charge is 0.512 e. The maximum atomic E-state index is 12.9. The molecular weight excluding hydrogens is 829 g/mol. The average Bonchev–Trinajstić information content (AvgIpc) is 3.40. The number of carbonyl (C=O) groups is 1. The Labute approximate surface area is 394 Å². The molecule has 1 N–H and O–H groups in total. The summed E-state index contributed by atoms with van der Waals surface area (Å²) < 4.78 is 0. The van der Waals surface area contributed by atoms with E-state index in [4.69, 9.17) is 9.97 Å². The molecule has 2 heterocycles. The highest BCUT2D eigenvalue weighted by Gasteiger charge is 2.18. The summed E-state index contributed by atoms with van der Waals surface area (Å²) in [4.78, 5) is 22.7. The molecule has 0 fully saturated rings. The third-order valence-electron chi connectivity index (χ3n) is 13.5. The van der Waals surface area contributed by atoms with Crippen LogP contribution in [0.4, 0.5) is 0 Å². The summed E-state index contributed by atoms with van der Waals surface area (Å²) >= 11 is 0. The van der Waals surface area contributed by atoms with Gasteiger partial charge in [-0.05, 0) is 149 Å². The molecule has 0 saturated carbocycles. The number of aromatic nitrogens is 2. The van der Waals surface area contributed by atoms with Crippen molar-refractivity contribution in [3.8, 4) is 55.6 Å². The number of hydrogen-bond acceptors (Lipinski definition) is 4. The number of carbonyl (C=O) groups excluding carboxylic acids is 1. The van der Waals surface area contributed by atoms with Crippen LogP contribution in [0.15, 0.2) is 224 Å². The molecule has 4 nitrogen and oxygen atoms in total. The van der Waals surface area contributed by atoms with E-state index in [0.717, 1.165) is 93.8 Å². The molecule has 322 valence electrons. The molecular formula is C64H44N2O2. The zero-order valence-electron chi connectivity index (χ0n) is 37.4. The first-order valence-electron chi connectivity index (χ1n) is 23.2. The Balaban J connectivity index is 1.06.